The Balaban J connectivity index is 1.64. The molecule has 1 aliphatic heterocycles. The number of hydrogen-bond donors (Lipinski definition) is 1. The first kappa shape index (κ1) is 21.3. The van der Waals surface area contributed by atoms with E-state index >= 15 is 0 Å². The highest BCUT2D eigenvalue weighted by Gasteiger charge is 2.38. The van der Waals surface area contributed by atoms with E-state index in [-0.39, 0.29) is 17.2 Å². The van der Waals surface area contributed by atoms with Crippen LogP contribution in [-0.2, 0) is 16.1 Å². The molecule has 0 radical (unpaired) electrons. The van der Waals surface area contributed by atoms with Crippen molar-refractivity contribution >= 4 is 5.78 Å². The minimum atomic E-state index is -0.568. The zero-order chi connectivity index (χ0) is 22.7. The predicted molar refractivity (Wildman–Crippen MR) is 117 cm³/mol. The lowest BCUT2D eigenvalue weighted by Crippen LogP contribution is -2.27. The Labute approximate surface area is 186 Å². The molecule has 0 aromatic heterocycles. The highest BCUT2D eigenvalue weighted by atomic mass is 16.5. The average molecular weight is 432 g/mol. The van der Waals surface area contributed by atoms with Crippen LogP contribution in [0.25, 0.3) is 0 Å². The summed E-state index contributed by atoms with van der Waals surface area (Å²) < 4.78 is 22.3. The highest BCUT2D eigenvalue weighted by molar-refractivity contribution is 5.99. The molecule has 4 rings (SSSR count). The summed E-state index contributed by atoms with van der Waals surface area (Å²) in [7, 11) is 3.19. The summed E-state index contributed by atoms with van der Waals surface area (Å²) in [6, 6.07) is 15.0. The molecule has 2 aliphatic rings. The number of nitriles is 1. The summed E-state index contributed by atoms with van der Waals surface area (Å²) >= 11 is 0. The van der Waals surface area contributed by atoms with Crippen molar-refractivity contribution in [2.75, 3.05) is 14.2 Å². The van der Waals surface area contributed by atoms with Crippen LogP contribution in [0.1, 0.15) is 36.3 Å². The van der Waals surface area contributed by atoms with Gasteiger partial charge in [-0.2, -0.15) is 5.26 Å². The smallest absolute Gasteiger partial charge is 0.205 e. The number of Topliss-reactive ketones (excluding diaryl/α,β-unsaturated/α-hetero) is 1. The number of benzene rings is 2. The number of carbonyl (C=O) groups excluding carboxylic acids is 1. The van der Waals surface area contributed by atoms with E-state index in [0.29, 0.717) is 48.7 Å². The summed E-state index contributed by atoms with van der Waals surface area (Å²) in [5, 5.41) is 9.74. The molecule has 0 saturated heterocycles. The molecule has 2 aromatic carbocycles. The third-order valence-corrected chi connectivity index (χ3v) is 5.70. The fraction of sp³-hybridized carbons (Fsp3) is 0.280. The van der Waals surface area contributed by atoms with Gasteiger partial charge in [0.1, 0.15) is 41.3 Å². The van der Waals surface area contributed by atoms with E-state index in [2.05, 4.69) is 6.07 Å². The van der Waals surface area contributed by atoms with Gasteiger partial charge in [0.15, 0.2) is 5.78 Å². The lowest BCUT2D eigenvalue weighted by atomic mass is 9.77. The summed E-state index contributed by atoms with van der Waals surface area (Å²) in [5.41, 5.74) is 8.37. The second-order valence-electron chi connectivity index (χ2n) is 7.57. The molecular formula is C25H24N2O5. The number of methoxy groups -OCH3 is 2. The van der Waals surface area contributed by atoms with Crippen LogP contribution in [0.15, 0.2) is 65.3 Å². The summed E-state index contributed by atoms with van der Waals surface area (Å²) in [6.45, 7) is 0.291. The van der Waals surface area contributed by atoms with Crippen LogP contribution >= 0.6 is 0 Å². The average Bonchev–Trinajstić information content (AvgIpc) is 2.82. The molecule has 0 saturated carbocycles. The molecule has 1 aliphatic carbocycles. The maximum absolute atomic E-state index is 12.7. The molecule has 0 spiro atoms. The fourth-order valence-corrected chi connectivity index (χ4v) is 4.08. The number of nitrogens with zero attached hydrogens (tertiary/aromatic N) is 1. The Morgan fingerprint density at radius 3 is 2.53 bits per heavy atom. The normalized spacial score (nSPS) is 17.9. The van der Waals surface area contributed by atoms with Crippen molar-refractivity contribution in [1.82, 2.24) is 0 Å². The first-order chi connectivity index (χ1) is 15.5. The highest BCUT2D eigenvalue weighted by Crippen LogP contribution is 2.44. The fourth-order valence-electron chi connectivity index (χ4n) is 4.08. The zero-order valence-electron chi connectivity index (χ0n) is 18.0. The maximum Gasteiger partial charge on any atom is 0.205 e. The second kappa shape index (κ2) is 9.06. The van der Waals surface area contributed by atoms with Crippen molar-refractivity contribution in [2.24, 2.45) is 5.73 Å². The number of nitrogens with two attached hydrogens (primary N) is 1. The van der Waals surface area contributed by atoms with E-state index in [1.54, 1.807) is 14.2 Å². The van der Waals surface area contributed by atoms with E-state index in [9.17, 15) is 10.1 Å². The molecule has 2 aromatic rings. The van der Waals surface area contributed by atoms with Gasteiger partial charge in [-0.1, -0.05) is 12.1 Å². The SMILES string of the molecule is COc1ccc(OCc2ccc([C@H]3C(C#N)=C(N)OC4=C3C(=O)CCC4)cc2OC)cc1. The standard InChI is InChI=1S/C25H24N2O5/c1-29-17-8-10-18(11-9-17)31-14-16-7-6-15(12-22(16)30-2)23-19(13-26)25(27)32-21-5-3-4-20(28)24(21)23/h6-12,23H,3-5,14,27H2,1-2H3/t23-/m0/s1. The van der Waals surface area contributed by atoms with Crippen LogP contribution in [0.3, 0.4) is 0 Å². The van der Waals surface area contributed by atoms with E-state index < -0.39 is 5.92 Å². The molecule has 7 heteroatoms. The Morgan fingerprint density at radius 1 is 1.09 bits per heavy atom. The van der Waals surface area contributed by atoms with Crippen molar-refractivity contribution in [3.63, 3.8) is 0 Å². The van der Waals surface area contributed by atoms with E-state index in [1.807, 2.05) is 42.5 Å². The van der Waals surface area contributed by atoms with Gasteiger partial charge in [0, 0.05) is 24.0 Å². The monoisotopic (exact) mass is 432 g/mol. The number of ether oxygens (including phenoxy) is 4. The van der Waals surface area contributed by atoms with Crippen LogP contribution in [0.5, 0.6) is 17.2 Å². The van der Waals surface area contributed by atoms with Crippen molar-refractivity contribution < 1.29 is 23.7 Å². The molecule has 0 unspecified atom stereocenters. The Hall–Kier alpha value is -3.92. The van der Waals surface area contributed by atoms with Crippen molar-refractivity contribution in [2.45, 2.75) is 31.8 Å². The third-order valence-electron chi connectivity index (χ3n) is 5.70. The minimum absolute atomic E-state index is 0.0117. The van der Waals surface area contributed by atoms with Gasteiger partial charge in [-0.15, -0.1) is 0 Å². The lowest BCUT2D eigenvalue weighted by Gasteiger charge is -2.31. The van der Waals surface area contributed by atoms with Gasteiger partial charge in [-0.25, -0.2) is 0 Å². The molecule has 0 bridgehead atoms. The van der Waals surface area contributed by atoms with Gasteiger partial charge < -0.3 is 24.7 Å². The van der Waals surface area contributed by atoms with E-state index in [0.717, 1.165) is 16.9 Å². The molecule has 164 valence electrons. The van der Waals surface area contributed by atoms with Gasteiger partial charge >= 0.3 is 0 Å². The summed E-state index contributed by atoms with van der Waals surface area (Å²) in [6.07, 6.45) is 1.77. The number of hydrogen-bond acceptors (Lipinski definition) is 7. The van der Waals surface area contributed by atoms with Gasteiger partial charge in [0.05, 0.1) is 20.1 Å². The first-order valence-corrected chi connectivity index (χ1v) is 10.3. The summed E-state index contributed by atoms with van der Waals surface area (Å²) in [4.78, 5) is 12.7. The van der Waals surface area contributed by atoms with Gasteiger partial charge in [0.25, 0.3) is 0 Å². The quantitative estimate of drug-likeness (QED) is 0.733. The van der Waals surface area contributed by atoms with Crippen LogP contribution < -0.4 is 19.9 Å². The van der Waals surface area contributed by atoms with Crippen LogP contribution in [-0.4, -0.2) is 20.0 Å². The molecule has 1 atom stereocenters. The predicted octanol–water partition coefficient (Wildman–Crippen LogP) is 4.10. The van der Waals surface area contributed by atoms with Gasteiger partial charge in [-0.05, 0) is 42.3 Å². The third kappa shape index (κ3) is 4.00. The molecule has 32 heavy (non-hydrogen) atoms. The molecular weight excluding hydrogens is 408 g/mol. The first-order valence-electron chi connectivity index (χ1n) is 10.3. The van der Waals surface area contributed by atoms with Gasteiger partial charge in [-0.3, -0.25) is 4.79 Å². The molecule has 0 amide bonds. The molecule has 7 nitrogen and oxygen atoms in total. The van der Waals surface area contributed by atoms with Crippen LogP contribution in [0.2, 0.25) is 0 Å². The topological polar surface area (TPSA) is 104 Å². The number of rotatable bonds is 6. The van der Waals surface area contributed by atoms with E-state index in [1.165, 1.54) is 0 Å². The van der Waals surface area contributed by atoms with Crippen LogP contribution in [0, 0.1) is 11.3 Å². The summed E-state index contributed by atoms with van der Waals surface area (Å²) in [5.74, 6) is 2.09. The number of ketones is 1. The second-order valence-corrected chi connectivity index (χ2v) is 7.57. The maximum atomic E-state index is 12.7. The Morgan fingerprint density at radius 2 is 1.84 bits per heavy atom. The van der Waals surface area contributed by atoms with E-state index in [4.69, 9.17) is 24.7 Å². The Bertz CT molecular complexity index is 1140. The van der Waals surface area contributed by atoms with Crippen molar-refractivity contribution in [1.29, 1.82) is 5.26 Å². The van der Waals surface area contributed by atoms with Crippen molar-refractivity contribution in [3.8, 4) is 23.3 Å². The number of allylic oxidation sites excluding steroid dienone is 3. The van der Waals surface area contributed by atoms with Crippen LogP contribution in [0.4, 0.5) is 0 Å². The van der Waals surface area contributed by atoms with Crippen molar-refractivity contribution in [3.05, 3.63) is 76.4 Å². The lowest BCUT2D eigenvalue weighted by molar-refractivity contribution is -0.116. The molecule has 1 heterocycles. The largest absolute Gasteiger partial charge is 0.497 e. The minimum Gasteiger partial charge on any atom is -0.497 e. The Kier molecular flexibility index (Phi) is 6.04. The molecule has 0 fully saturated rings. The zero-order valence-corrected chi connectivity index (χ0v) is 18.0. The molecule has 2 N–H and O–H groups in total. The van der Waals surface area contributed by atoms with Gasteiger partial charge in [0.2, 0.25) is 5.88 Å². The number of carbonyl (C=O) groups is 1.